The van der Waals surface area contributed by atoms with Crippen molar-refractivity contribution in [2.45, 2.75) is 0 Å². The minimum Gasteiger partial charge on any atom is -0.274 e. The van der Waals surface area contributed by atoms with Gasteiger partial charge in [-0.15, -0.1) is 0 Å². The highest BCUT2D eigenvalue weighted by Crippen LogP contribution is 1.99. The van der Waals surface area contributed by atoms with E-state index in [0.29, 0.717) is 5.69 Å². The lowest BCUT2D eigenvalue weighted by Gasteiger charge is -1.89. The molecule has 2 aromatic heterocycles. The third kappa shape index (κ3) is 0.931. The highest BCUT2D eigenvalue weighted by Gasteiger charge is 2.01. The molecule has 0 aromatic carbocycles. The summed E-state index contributed by atoms with van der Waals surface area (Å²) in [5.74, 6) is 0. The number of nitrogens with one attached hydrogen (secondary N) is 1. The van der Waals surface area contributed by atoms with E-state index in [1.165, 1.54) is 10.9 Å². The molecule has 0 fully saturated rings. The molecule has 0 aliphatic carbocycles. The van der Waals surface area contributed by atoms with Gasteiger partial charge in [0, 0.05) is 13.2 Å². The maximum atomic E-state index is 11.0. The van der Waals surface area contributed by atoms with Gasteiger partial charge in [-0.05, 0) is 0 Å². The Balaban J connectivity index is 2.58. The number of aromatic nitrogens is 5. The zero-order valence-electron chi connectivity index (χ0n) is 6.43. The summed E-state index contributed by atoms with van der Waals surface area (Å²) in [7, 11) is 1.79. The fourth-order valence-corrected chi connectivity index (χ4v) is 0.965. The second kappa shape index (κ2) is 2.33. The lowest BCUT2D eigenvalue weighted by atomic mass is 10.6. The van der Waals surface area contributed by atoms with E-state index in [1.54, 1.807) is 24.1 Å². The monoisotopic (exact) mass is 165 g/mol. The molecule has 0 saturated carbocycles. The second-order valence-electron chi connectivity index (χ2n) is 2.40. The molecule has 0 radical (unpaired) electrons. The summed E-state index contributed by atoms with van der Waals surface area (Å²) in [6.07, 6.45) is 4.74. The first-order valence-corrected chi connectivity index (χ1v) is 3.38. The molecule has 2 aromatic rings. The molecule has 12 heavy (non-hydrogen) atoms. The van der Waals surface area contributed by atoms with E-state index in [-0.39, 0.29) is 5.69 Å². The van der Waals surface area contributed by atoms with Gasteiger partial charge >= 0.3 is 5.69 Å². The maximum absolute atomic E-state index is 11.0. The van der Waals surface area contributed by atoms with E-state index in [4.69, 9.17) is 0 Å². The van der Waals surface area contributed by atoms with Crippen molar-refractivity contribution in [1.29, 1.82) is 0 Å². The molecule has 6 nitrogen and oxygen atoms in total. The van der Waals surface area contributed by atoms with Gasteiger partial charge in [0.25, 0.3) is 0 Å². The van der Waals surface area contributed by atoms with Crippen LogP contribution < -0.4 is 5.69 Å². The molecule has 2 rings (SSSR count). The van der Waals surface area contributed by atoms with Crippen LogP contribution in [0.25, 0.3) is 5.69 Å². The Morgan fingerprint density at radius 2 is 2.42 bits per heavy atom. The van der Waals surface area contributed by atoms with Gasteiger partial charge in [-0.1, -0.05) is 0 Å². The Labute approximate surface area is 67.4 Å². The van der Waals surface area contributed by atoms with Gasteiger partial charge in [0.1, 0.15) is 6.33 Å². The predicted molar refractivity (Wildman–Crippen MR) is 41.0 cm³/mol. The molecule has 62 valence electrons. The topological polar surface area (TPSA) is 68.5 Å². The van der Waals surface area contributed by atoms with Crippen LogP contribution in [0.1, 0.15) is 0 Å². The van der Waals surface area contributed by atoms with Crippen LogP contribution in [0.2, 0.25) is 0 Å². The Morgan fingerprint density at radius 1 is 1.58 bits per heavy atom. The van der Waals surface area contributed by atoms with Crippen molar-refractivity contribution in [3.63, 3.8) is 0 Å². The van der Waals surface area contributed by atoms with Gasteiger partial charge in [-0.3, -0.25) is 4.68 Å². The SMILES string of the molecule is Cn1cc(-n2cn[nH]c2=O)cn1. The number of hydrogen-bond donors (Lipinski definition) is 1. The van der Waals surface area contributed by atoms with Gasteiger partial charge in [0.15, 0.2) is 0 Å². The van der Waals surface area contributed by atoms with Crippen molar-refractivity contribution in [3.05, 3.63) is 29.2 Å². The maximum Gasteiger partial charge on any atom is 0.347 e. The lowest BCUT2D eigenvalue weighted by Crippen LogP contribution is -2.13. The standard InChI is InChI=1S/C6H7N5O/c1-10-3-5(2-8-10)11-4-7-9-6(11)12/h2-4H,1H3,(H,9,12). The number of rotatable bonds is 1. The van der Waals surface area contributed by atoms with Gasteiger partial charge in [0.05, 0.1) is 11.9 Å². The van der Waals surface area contributed by atoms with E-state index in [2.05, 4.69) is 15.3 Å². The van der Waals surface area contributed by atoms with E-state index in [9.17, 15) is 4.79 Å². The third-order valence-electron chi connectivity index (χ3n) is 1.52. The van der Waals surface area contributed by atoms with Crippen molar-refractivity contribution in [2.24, 2.45) is 7.05 Å². The average Bonchev–Trinajstić information content (AvgIpc) is 2.58. The van der Waals surface area contributed by atoms with Crippen molar-refractivity contribution in [2.75, 3.05) is 0 Å². The molecule has 6 heteroatoms. The Kier molecular flexibility index (Phi) is 1.33. The molecule has 0 aliphatic heterocycles. The molecule has 1 N–H and O–H groups in total. The number of aromatic amines is 1. The molecule has 0 amide bonds. The molecule has 0 spiro atoms. The first kappa shape index (κ1) is 6.84. The molecule has 0 bridgehead atoms. The zero-order chi connectivity index (χ0) is 8.55. The van der Waals surface area contributed by atoms with Crippen molar-refractivity contribution in [3.8, 4) is 5.69 Å². The molecular weight excluding hydrogens is 158 g/mol. The molecular formula is C6H7N5O. The van der Waals surface area contributed by atoms with Crippen LogP contribution in [0.5, 0.6) is 0 Å². The predicted octanol–water partition coefficient (Wildman–Crippen LogP) is -0.706. The third-order valence-corrected chi connectivity index (χ3v) is 1.52. The van der Waals surface area contributed by atoms with Gasteiger partial charge in [-0.2, -0.15) is 10.2 Å². The second-order valence-corrected chi connectivity index (χ2v) is 2.40. The minimum absolute atomic E-state index is 0.261. The first-order chi connectivity index (χ1) is 5.77. The minimum atomic E-state index is -0.261. The molecule has 0 saturated heterocycles. The summed E-state index contributed by atoms with van der Waals surface area (Å²) in [6.45, 7) is 0. The first-order valence-electron chi connectivity index (χ1n) is 3.38. The average molecular weight is 165 g/mol. The van der Waals surface area contributed by atoms with E-state index >= 15 is 0 Å². The van der Waals surface area contributed by atoms with Crippen LogP contribution in [-0.4, -0.2) is 24.5 Å². The summed E-state index contributed by atoms with van der Waals surface area (Å²) in [4.78, 5) is 11.0. The summed E-state index contributed by atoms with van der Waals surface area (Å²) in [6, 6.07) is 0. The van der Waals surface area contributed by atoms with E-state index in [0.717, 1.165) is 0 Å². The normalized spacial score (nSPS) is 10.4. The van der Waals surface area contributed by atoms with Crippen LogP contribution in [0.4, 0.5) is 0 Å². The summed E-state index contributed by atoms with van der Waals surface area (Å²) in [5.41, 5.74) is 0.444. The van der Waals surface area contributed by atoms with Crippen LogP contribution >= 0.6 is 0 Å². The van der Waals surface area contributed by atoms with E-state index < -0.39 is 0 Å². The van der Waals surface area contributed by atoms with Gasteiger partial charge in [-0.25, -0.2) is 14.5 Å². The smallest absolute Gasteiger partial charge is 0.274 e. The van der Waals surface area contributed by atoms with Crippen molar-refractivity contribution >= 4 is 0 Å². The van der Waals surface area contributed by atoms with Crippen molar-refractivity contribution < 1.29 is 0 Å². The lowest BCUT2D eigenvalue weighted by molar-refractivity contribution is 0.767. The number of hydrogen-bond acceptors (Lipinski definition) is 3. The summed E-state index contributed by atoms with van der Waals surface area (Å²) >= 11 is 0. The molecule has 0 aliphatic rings. The number of nitrogens with zero attached hydrogens (tertiary/aromatic N) is 4. The van der Waals surface area contributed by atoms with Gasteiger partial charge in [0.2, 0.25) is 0 Å². The zero-order valence-corrected chi connectivity index (χ0v) is 6.43. The Hall–Kier alpha value is -1.85. The van der Waals surface area contributed by atoms with Crippen LogP contribution in [0.3, 0.4) is 0 Å². The Bertz CT molecular complexity index is 436. The molecule has 0 unspecified atom stereocenters. The van der Waals surface area contributed by atoms with Crippen LogP contribution in [0.15, 0.2) is 23.5 Å². The molecule has 2 heterocycles. The fourth-order valence-electron chi connectivity index (χ4n) is 0.965. The summed E-state index contributed by atoms with van der Waals surface area (Å²) < 4.78 is 3.00. The fraction of sp³-hybridized carbons (Fsp3) is 0.167. The highest BCUT2D eigenvalue weighted by atomic mass is 16.1. The Morgan fingerprint density at radius 3 is 2.92 bits per heavy atom. The van der Waals surface area contributed by atoms with Gasteiger partial charge < -0.3 is 0 Å². The van der Waals surface area contributed by atoms with Crippen LogP contribution in [-0.2, 0) is 7.05 Å². The molecule has 0 atom stereocenters. The number of aryl methyl sites for hydroxylation is 1. The quantitative estimate of drug-likeness (QED) is 0.607. The van der Waals surface area contributed by atoms with Crippen LogP contribution in [0, 0.1) is 0 Å². The summed E-state index contributed by atoms with van der Waals surface area (Å²) in [5, 5.41) is 9.82. The number of H-pyrrole nitrogens is 1. The highest BCUT2D eigenvalue weighted by molar-refractivity contribution is 5.23. The largest absolute Gasteiger partial charge is 0.347 e. The van der Waals surface area contributed by atoms with Crippen molar-refractivity contribution in [1.82, 2.24) is 24.5 Å². The van der Waals surface area contributed by atoms with E-state index in [1.807, 2.05) is 0 Å².